The van der Waals surface area contributed by atoms with Crippen LogP contribution in [0.1, 0.15) is 30.3 Å². The number of carbonyl (C=O) groups excluding carboxylic acids is 1. The molecule has 0 aliphatic carbocycles. The van der Waals surface area contributed by atoms with Crippen molar-refractivity contribution in [1.82, 2.24) is 9.97 Å². The number of pyridine rings is 1. The van der Waals surface area contributed by atoms with Crippen molar-refractivity contribution in [2.45, 2.75) is 19.8 Å². The van der Waals surface area contributed by atoms with Gasteiger partial charge in [0.1, 0.15) is 22.3 Å². The maximum Gasteiger partial charge on any atom is 0.275 e. The zero-order chi connectivity index (χ0) is 21.5. The van der Waals surface area contributed by atoms with E-state index in [0.29, 0.717) is 18.8 Å². The van der Waals surface area contributed by atoms with Crippen molar-refractivity contribution in [3.63, 3.8) is 0 Å². The lowest BCUT2D eigenvalue weighted by molar-refractivity contribution is 0.102. The molecule has 0 saturated carbocycles. The minimum atomic E-state index is -0.723. The molecule has 0 atom stereocenters. The van der Waals surface area contributed by atoms with Crippen LogP contribution >= 0.6 is 11.3 Å². The van der Waals surface area contributed by atoms with Crippen molar-refractivity contribution in [2.75, 3.05) is 29.9 Å². The topological polar surface area (TPSA) is 84.1 Å². The molecule has 2 heterocycles. The van der Waals surface area contributed by atoms with Crippen LogP contribution in [0.15, 0.2) is 42.0 Å². The molecule has 3 aromatic rings. The predicted octanol–water partition coefficient (Wildman–Crippen LogP) is 4.30. The molecule has 3 rings (SSSR count). The third-order valence-corrected chi connectivity index (χ3v) is 5.34. The van der Waals surface area contributed by atoms with Gasteiger partial charge < -0.3 is 16.0 Å². The van der Waals surface area contributed by atoms with Crippen LogP contribution in [0.4, 0.5) is 20.2 Å². The number of thiazole rings is 1. The van der Waals surface area contributed by atoms with Gasteiger partial charge in [-0.3, -0.25) is 9.78 Å². The summed E-state index contributed by atoms with van der Waals surface area (Å²) >= 11 is 1.01. The Hall–Kier alpha value is -2.91. The fourth-order valence-electron chi connectivity index (χ4n) is 3.00. The number of nitrogens with zero attached hydrogens (tertiary/aromatic N) is 3. The second-order valence-corrected chi connectivity index (χ2v) is 7.47. The van der Waals surface area contributed by atoms with Crippen LogP contribution < -0.4 is 16.0 Å². The number of benzene rings is 1. The average Bonchev–Trinajstić information content (AvgIpc) is 3.21. The number of hydrogen-bond donors (Lipinski definition) is 2. The number of unbranched alkanes of at least 4 members (excludes halogenated alkanes) is 1. The van der Waals surface area contributed by atoms with E-state index < -0.39 is 17.5 Å². The molecular formula is C21H23F2N5OS. The minimum absolute atomic E-state index is 0.0754. The third kappa shape index (κ3) is 4.98. The number of anilines is 2. The number of amides is 1. The van der Waals surface area contributed by atoms with E-state index in [1.807, 2.05) is 6.07 Å². The average molecular weight is 432 g/mol. The third-order valence-electron chi connectivity index (χ3n) is 4.48. The number of hydrogen-bond acceptors (Lipinski definition) is 6. The highest BCUT2D eigenvalue weighted by molar-refractivity contribution is 7.13. The summed E-state index contributed by atoms with van der Waals surface area (Å²) in [6.45, 7) is 4.02. The highest BCUT2D eigenvalue weighted by Crippen LogP contribution is 2.30. The van der Waals surface area contributed by atoms with Gasteiger partial charge in [-0.15, -0.1) is 11.3 Å². The molecule has 158 valence electrons. The number of aromatic nitrogens is 2. The first-order valence-electron chi connectivity index (χ1n) is 9.65. The smallest absolute Gasteiger partial charge is 0.275 e. The van der Waals surface area contributed by atoms with Crippen molar-refractivity contribution in [2.24, 2.45) is 5.73 Å². The van der Waals surface area contributed by atoms with Gasteiger partial charge in [0.15, 0.2) is 0 Å². The SMILES string of the molecule is CCCCN(CCN)c1ccncc1NC(=O)c1csc(-c2c(F)cccc2F)n1. The van der Waals surface area contributed by atoms with Crippen LogP contribution in [0.3, 0.4) is 0 Å². The second kappa shape index (κ2) is 10.2. The van der Waals surface area contributed by atoms with Crippen molar-refractivity contribution >= 4 is 28.6 Å². The van der Waals surface area contributed by atoms with Crippen LogP contribution in [0.25, 0.3) is 10.6 Å². The lowest BCUT2D eigenvalue weighted by Crippen LogP contribution is -2.31. The number of halogens is 2. The summed E-state index contributed by atoms with van der Waals surface area (Å²) in [5.74, 6) is -1.93. The maximum absolute atomic E-state index is 14.0. The Labute approximate surface area is 177 Å². The van der Waals surface area contributed by atoms with Gasteiger partial charge in [0.25, 0.3) is 5.91 Å². The Balaban J connectivity index is 1.83. The molecule has 0 fully saturated rings. The van der Waals surface area contributed by atoms with E-state index >= 15 is 0 Å². The molecule has 1 amide bonds. The van der Waals surface area contributed by atoms with Gasteiger partial charge in [-0.1, -0.05) is 19.4 Å². The zero-order valence-corrected chi connectivity index (χ0v) is 17.4. The standard InChI is InChI=1S/C21H23F2N5OS/c1-2-3-10-28(11-8-24)18-7-9-25-12-16(18)26-20(29)17-13-30-21(27-17)19-14(22)5-4-6-15(19)23/h4-7,9,12-13H,2-3,8,10-11,24H2,1H3,(H,26,29). The normalized spacial score (nSPS) is 10.8. The van der Waals surface area contributed by atoms with Gasteiger partial charge in [-0.05, 0) is 24.6 Å². The number of rotatable bonds is 9. The first-order chi connectivity index (χ1) is 14.5. The van der Waals surface area contributed by atoms with Crippen LogP contribution in [0.5, 0.6) is 0 Å². The van der Waals surface area contributed by atoms with Crippen molar-refractivity contribution in [1.29, 1.82) is 0 Å². The molecule has 2 aromatic heterocycles. The van der Waals surface area contributed by atoms with E-state index in [4.69, 9.17) is 5.73 Å². The maximum atomic E-state index is 14.0. The summed E-state index contributed by atoms with van der Waals surface area (Å²) in [5, 5.41) is 4.39. The molecule has 30 heavy (non-hydrogen) atoms. The monoisotopic (exact) mass is 431 g/mol. The summed E-state index contributed by atoms with van der Waals surface area (Å²) in [5.41, 5.74) is 6.92. The fourth-order valence-corrected chi connectivity index (χ4v) is 3.84. The molecular weight excluding hydrogens is 408 g/mol. The Morgan fingerprint density at radius 2 is 2.00 bits per heavy atom. The summed E-state index contributed by atoms with van der Waals surface area (Å²) < 4.78 is 28.0. The second-order valence-electron chi connectivity index (χ2n) is 6.61. The van der Waals surface area contributed by atoms with Gasteiger partial charge in [0, 0.05) is 31.2 Å². The van der Waals surface area contributed by atoms with E-state index in [-0.39, 0.29) is 16.3 Å². The van der Waals surface area contributed by atoms with Gasteiger partial charge >= 0.3 is 0 Å². The lowest BCUT2D eigenvalue weighted by atomic mass is 10.2. The summed E-state index contributed by atoms with van der Waals surface area (Å²) in [6, 6.07) is 5.42. The van der Waals surface area contributed by atoms with E-state index in [2.05, 4.69) is 27.1 Å². The largest absolute Gasteiger partial charge is 0.368 e. The molecule has 6 nitrogen and oxygen atoms in total. The molecule has 0 radical (unpaired) electrons. The number of nitrogens with one attached hydrogen (secondary N) is 1. The molecule has 0 aliphatic rings. The van der Waals surface area contributed by atoms with E-state index in [0.717, 1.165) is 48.5 Å². The van der Waals surface area contributed by atoms with Crippen LogP contribution in [-0.2, 0) is 0 Å². The molecule has 9 heteroatoms. The molecule has 3 N–H and O–H groups in total. The number of nitrogens with two attached hydrogens (primary N) is 1. The molecule has 1 aromatic carbocycles. The van der Waals surface area contributed by atoms with Gasteiger partial charge in [0.2, 0.25) is 0 Å². The quantitative estimate of drug-likeness (QED) is 0.528. The molecule has 0 bridgehead atoms. The summed E-state index contributed by atoms with van der Waals surface area (Å²) in [4.78, 5) is 23.1. The van der Waals surface area contributed by atoms with Crippen LogP contribution in [-0.4, -0.2) is 35.5 Å². The molecule has 0 unspecified atom stereocenters. The van der Waals surface area contributed by atoms with E-state index in [1.54, 1.807) is 12.4 Å². The van der Waals surface area contributed by atoms with Gasteiger partial charge in [-0.2, -0.15) is 0 Å². The highest BCUT2D eigenvalue weighted by Gasteiger charge is 2.19. The van der Waals surface area contributed by atoms with E-state index in [1.165, 1.54) is 11.4 Å². The fraction of sp³-hybridized carbons (Fsp3) is 0.286. The molecule has 0 saturated heterocycles. The molecule has 0 spiro atoms. The summed E-state index contributed by atoms with van der Waals surface area (Å²) in [7, 11) is 0. The van der Waals surface area contributed by atoms with Gasteiger partial charge in [-0.25, -0.2) is 13.8 Å². The van der Waals surface area contributed by atoms with Crippen molar-refractivity contribution < 1.29 is 13.6 Å². The van der Waals surface area contributed by atoms with Crippen LogP contribution in [0.2, 0.25) is 0 Å². The summed E-state index contributed by atoms with van der Waals surface area (Å²) in [6.07, 6.45) is 5.23. The lowest BCUT2D eigenvalue weighted by Gasteiger charge is -2.26. The first-order valence-corrected chi connectivity index (χ1v) is 10.5. The van der Waals surface area contributed by atoms with Crippen LogP contribution in [0, 0.1) is 11.6 Å². The van der Waals surface area contributed by atoms with Crippen molar-refractivity contribution in [3.05, 3.63) is 59.4 Å². The Morgan fingerprint density at radius 3 is 2.70 bits per heavy atom. The number of carbonyl (C=O) groups is 1. The zero-order valence-electron chi connectivity index (χ0n) is 16.6. The first kappa shape index (κ1) is 21.8. The van der Waals surface area contributed by atoms with E-state index in [9.17, 15) is 13.6 Å². The molecule has 0 aliphatic heterocycles. The Kier molecular flexibility index (Phi) is 7.42. The Morgan fingerprint density at radius 1 is 1.23 bits per heavy atom. The predicted molar refractivity (Wildman–Crippen MR) is 116 cm³/mol. The van der Waals surface area contributed by atoms with Crippen molar-refractivity contribution in [3.8, 4) is 10.6 Å². The minimum Gasteiger partial charge on any atom is -0.368 e. The highest BCUT2D eigenvalue weighted by atomic mass is 32.1. The van der Waals surface area contributed by atoms with Gasteiger partial charge in [0.05, 0.1) is 23.1 Å². The Bertz CT molecular complexity index is 990.